The second-order valence-corrected chi connectivity index (χ2v) is 11.2. The van der Waals surface area contributed by atoms with Gasteiger partial charge >= 0.3 is 0 Å². The average molecular weight is 483 g/mol. The zero-order chi connectivity index (χ0) is 24.3. The molecule has 4 nitrogen and oxygen atoms in total. The van der Waals surface area contributed by atoms with E-state index in [4.69, 9.17) is 4.74 Å². The van der Waals surface area contributed by atoms with Crippen LogP contribution < -0.4 is 4.74 Å². The first-order valence-corrected chi connectivity index (χ1v) is 14.1. The Kier molecular flexibility index (Phi) is 7.05. The number of rotatable bonds is 7. The predicted octanol–water partition coefficient (Wildman–Crippen LogP) is 6.82. The van der Waals surface area contributed by atoms with Crippen molar-refractivity contribution in [1.82, 2.24) is 9.88 Å². The van der Waals surface area contributed by atoms with Crippen LogP contribution in [-0.4, -0.2) is 41.9 Å². The van der Waals surface area contributed by atoms with Crippen LogP contribution in [0.25, 0.3) is 10.9 Å². The molecule has 2 aliphatic heterocycles. The van der Waals surface area contributed by atoms with Crippen LogP contribution in [0, 0.1) is 11.8 Å². The molecule has 1 aliphatic carbocycles. The number of hydrogen-bond donors (Lipinski definition) is 0. The molecule has 1 saturated carbocycles. The minimum Gasteiger partial charge on any atom is -0.493 e. The number of Topliss-reactive ketones (excluding diaryl/α,β-unsaturated/α-hetero) is 1. The highest BCUT2D eigenvalue weighted by molar-refractivity contribution is 6.07. The molecule has 4 heteroatoms. The number of carbonyl (C=O) groups is 1. The lowest BCUT2D eigenvalue weighted by molar-refractivity contribution is 0.0941. The van der Waals surface area contributed by atoms with Gasteiger partial charge in [0.1, 0.15) is 5.75 Å². The number of ketones is 1. The summed E-state index contributed by atoms with van der Waals surface area (Å²) in [6.45, 7) is 4.53. The molecular weight excluding hydrogens is 444 g/mol. The second-order valence-electron chi connectivity index (χ2n) is 11.2. The van der Waals surface area contributed by atoms with Crippen molar-refractivity contribution in [2.75, 3.05) is 26.2 Å². The third-order valence-electron chi connectivity index (χ3n) is 9.05. The number of likely N-dealkylation sites (tertiary alicyclic amines) is 1. The molecule has 0 atom stereocenters. The van der Waals surface area contributed by atoms with Crippen molar-refractivity contribution < 1.29 is 9.53 Å². The highest BCUT2D eigenvalue weighted by Crippen LogP contribution is 2.38. The maximum absolute atomic E-state index is 13.1. The van der Waals surface area contributed by atoms with Crippen LogP contribution in [-0.2, 0) is 6.42 Å². The maximum Gasteiger partial charge on any atom is 0.163 e. The topological polar surface area (TPSA) is 42.4 Å². The molecule has 0 bridgehead atoms. The fourth-order valence-corrected chi connectivity index (χ4v) is 6.90. The van der Waals surface area contributed by atoms with Crippen LogP contribution in [0.2, 0.25) is 0 Å². The summed E-state index contributed by atoms with van der Waals surface area (Å²) in [6.07, 6.45) is 12.4. The van der Waals surface area contributed by atoms with Crippen molar-refractivity contribution >= 4 is 16.7 Å². The van der Waals surface area contributed by atoms with Gasteiger partial charge in [0, 0.05) is 35.6 Å². The number of fused-ring (bicyclic) bond motifs is 2. The molecule has 6 rings (SSSR count). The SMILES string of the molecule is O=C(CC1CCC(CCN2CCC(c3cccc4c3CCO4)CC2)CC1)c1ccnc2ccccc12. The zero-order valence-corrected chi connectivity index (χ0v) is 21.3. The van der Waals surface area contributed by atoms with E-state index < -0.39 is 0 Å². The fourth-order valence-electron chi connectivity index (χ4n) is 6.90. The van der Waals surface area contributed by atoms with E-state index in [1.807, 2.05) is 30.3 Å². The Morgan fingerprint density at radius 2 is 1.72 bits per heavy atom. The molecule has 3 aliphatic rings. The molecule has 36 heavy (non-hydrogen) atoms. The lowest BCUT2D eigenvalue weighted by Gasteiger charge is -2.35. The molecule has 1 saturated heterocycles. The molecule has 1 aromatic heterocycles. The van der Waals surface area contributed by atoms with E-state index in [1.54, 1.807) is 11.8 Å². The molecule has 0 amide bonds. The number of ether oxygens (including phenoxy) is 1. The molecular formula is C32H38N2O2. The van der Waals surface area contributed by atoms with Gasteiger partial charge in [0.05, 0.1) is 12.1 Å². The zero-order valence-electron chi connectivity index (χ0n) is 21.3. The number of hydrogen-bond acceptors (Lipinski definition) is 4. The minimum atomic E-state index is 0.288. The molecule has 0 radical (unpaired) electrons. The van der Waals surface area contributed by atoms with Crippen LogP contribution in [0.1, 0.15) is 78.8 Å². The Morgan fingerprint density at radius 3 is 2.58 bits per heavy atom. The maximum atomic E-state index is 13.1. The first-order valence-electron chi connectivity index (χ1n) is 14.1. The average Bonchev–Trinajstić information content (AvgIpc) is 3.42. The van der Waals surface area contributed by atoms with Crippen LogP contribution >= 0.6 is 0 Å². The van der Waals surface area contributed by atoms with Crippen LogP contribution in [0.3, 0.4) is 0 Å². The number of benzene rings is 2. The first-order chi connectivity index (χ1) is 17.7. The smallest absolute Gasteiger partial charge is 0.163 e. The number of aromatic nitrogens is 1. The largest absolute Gasteiger partial charge is 0.493 e. The van der Waals surface area contributed by atoms with Gasteiger partial charge in [0.2, 0.25) is 0 Å². The van der Waals surface area contributed by atoms with E-state index >= 15 is 0 Å². The number of para-hydroxylation sites is 1. The number of pyridine rings is 1. The van der Waals surface area contributed by atoms with Crippen molar-refractivity contribution in [1.29, 1.82) is 0 Å². The fraction of sp³-hybridized carbons (Fsp3) is 0.500. The van der Waals surface area contributed by atoms with Crippen LogP contribution in [0.5, 0.6) is 5.75 Å². The van der Waals surface area contributed by atoms with Gasteiger partial charge in [-0.2, -0.15) is 0 Å². The molecule has 3 aromatic rings. The van der Waals surface area contributed by atoms with E-state index in [0.717, 1.165) is 41.2 Å². The summed E-state index contributed by atoms with van der Waals surface area (Å²) < 4.78 is 5.79. The Morgan fingerprint density at radius 1 is 0.917 bits per heavy atom. The van der Waals surface area contributed by atoms with Gasteiger partial charge in [-0.3, -0.25) is 9.78 Å². The molecule has 188 valence electrons. The summed E-state index contributed by atoms with van der Waals surface area (Å²) in [5.74, 6) is 3.47. The van der Waals surface area contributed by atoms with Gasteiger partial charge in [-0.05, 0) is 93.3 Å². The Balaban J connectivity index is 0.942. The van der Waals surface area contributed by atoms with Crippen molar-refractivity contribution in [2.24, 2.45) is 11.8 Å². The van der Waals surface area contributed by atoms with E-state index in [9.17, 15) is 4.79 Å². The van der Waals surface area contributed by atoms with E-state index in [0.29, 0.717) is 18.3 Å². The number of carbonyl (C=O) groups excluding carboxylic acids is 1. The Labute approximate surface area is 215 Å². The Hall–Kier alpha value is -2.72. The van der Waals surface area contributed by atoms with Crippen molar-refractivity contribution in [3.05, 3.63) is 71.4 Å². The third-order valence-corrected chi connectivity index (χ3v) is 9.05. The molecule has 0 unspecified atom stereocenters. The third kappa shape index (κ3) is 5.06. The van der Waals surface area contributed by atoms with Gasteiger partial charge in [-0.25, -0.2) is 0 Å². The predicted molar refractivity (Wildman–Crippen MR) is 145 cm³/mol. The highest BCUT2D eigenvalue weighted by atomic mass is 16.5. The van der Waals surface area contributed by atoms with Gasteiger partial charge in [0.25, 0.3) is 0 Å². The summed E-state index contributed by atoms with van der Waals surface area (Å²) in [4.78, 5) is 20.2. The number of nitrogens with zero attached hydrogens (tertiary/aromatic N) is 2. The lowest BCUT2D eigenvalue weighted by atomic mass is 9.78. The second kappa shape index (κ2) is 10.7. The van der Waals surface area contributed by atoms with Crippen molar-refractivity contribution in [2.45, 2.75) is 63.7 Å². The van der Waals surface area contributed by atoms with E-state index in [-0.39, 0.29) is 5.78 Å². The van der Waals surface area contributed by atoms with Crippen molar-refractivity contribution in [3.8, 4) is 5.75 Å². The summed E-state index contributed by atoms with van der Waals surface area (Å²) in [5.41, 5.74) is 4.79. The summed E-state index contributed by atoms with van der Waals surface area (Å²) in [7, 11) is 0. The van der Waals surface area contributed by atoms with Crippen LogP contribution in [0.15, 0.2) is 54.7 Å². The molecule has 0 N–H and O–H groups in total. The first kappa shape index (κ1) is 23.7. The summed E-state index contributed by atoms with van der Waals surface area (Å²) >= 11 is 0. The molecule has 2 aromatic carbocycles. The van der Waals surface area contributed by atoms with Crippen molar-refractivity contribution in [3.63, 3.8) is 0 Å². The number of piperidine rings is 1. The summed E-state index contributed by atoms with van der Waals surface area (Å²) in [5, 5.41) is 0.993. The van der Waals surface area contributed by atoms with E-state index in [2.05, 4.69) is 28.1 Å². The lowest BCUT2D eigenvalue weighted by Crippen LogP contribution is -2.35. The van der Waals surface area contributed by atoms with Crippen LogP contribution in [0.4, 0.5) is 0 Å². The van der Waals surface area contributed by atoms with Gasteiger partial charge in [-0.15, -0.1) is 0 Å². The monoisotopic (exact) mass is 482 g/mol. The molecule has 2 fully saturated rings. The Bertz CT molecular complexity index is 1200. The normalized spacial score (nSPS) is 22.9. The van der Waals surface area contributed by atoms with Gasteiger partial charge in [0.15, 0.2) is 5.78 Å². The highest BCUT2D eigenvalue weighted by Gasteiger charge is 2.27. The molecule has 3 heterocycles. The quantitative estimate of drug-likeness (QED) is 0.347. The van der Waals surface area contributed by atoms with E-state index in [1.165, 1.54) is 70.1 Å². The minimum absolute atomic E-state index is 0.288. The summed E-state index contributed by atoms with van der Waals surface area (Å²) in [6, 6.07) is 16.5. The standard InChI is InChI=1S/C32H38N2O2/c35-31(28-12-17-33-30-6-2-1-4-27(28)30)22-24-10-8-23(9-11-24)13-18-34-19-14-25(15-20-34)26-5-3-7-32-29(26)16-21-36-32/h1-7,12,17,23-25H,8-11,13-16,18-22H2. The van der Waals surface area contributed by atoms with Gasteiger partial charge < -0.3 is 9.64 Å². The molecule has 0 spiro atoms. The van der Waals surface area contributed by atoms with Gasteiger partial charge in [-0.1, -0.05) is 43.2 Å².